The molecule has 0 aliphatic rings. The largest absolute Gasteiger partial charge is 0.741 e. The molecule has 1 heterocycles. The number of hydrogen-bond donors (Lipinski definition) is 0. The normalized spacial score (nSPS) is 11.3. The van der Waals surface area contributed by atoms with Crippen molar-refractivity contribution < 1.29 is 40.2 Å². The summed E-state index contributed by atoms with van der Waals surface area (Å²) < 4.78 is 66.4. The Kier molecular flexibility index (Phi) is 9.97. The average Bonchev–Trinajstić information content (AvgIpc) is 2.92. The summed E-state index contributed by atoms with van der Waals surface area (Å²) in [5.41, 5.74) is 0.292. The fraction of sp³-hybridized carbons (Fsp3) is 0.172. The van der Waals surface area contributed by atoms with Gasteiger partial charge in [0.05, 0.1) is 6.61 Å². The van der Waals surface area contributed by atoms with E-state index >= 15 is 0 Å². The molecule has 0 bridgehead atoms. The maximum Gasteiger partial charge on any atom is 0.485 e. The van der Waals surface area contributed by atoms with Gasteiger partial charge in [-0.3, -0.25) is 0 Å². The lowest BCUT2D eigenvalue weighted by atomic mass is 10.0. The number of pyridine rings is 1. The van der Waals surface area contributed by atoms with Gasteiger partial charge in [0.15, 0.2) is 16.7 Å². The van der Waals surface area contributed by atoms with Crippen molar-refractivity contribution in [1.82, 2.24) is 0 Å². The number of carbonyl (C=O) groups is 1. The van der Waals surface area contributed by atoms with Crippen LogP contribution < -0.4 is 4.57 Å². The Labute approximate surface area is 225 Å². The van der Waals surface area contributed by atoms with Crippen molar-refractivity contribution in [3.8, 4) is 22.4 Å². The number of esters is 1. The third-order valence-electron chi connectivity index (χ3n) is 5.58. The summed E-state index contributed by atoms with van der Waals surface area (Å²) >= 11 is 0. The quantitative estimate of drug-likeness (QED) is 0.124. The molecule has 0 aliphatic carbocycles. The molecule has 1 aromatic heterocycles. The number of rotatable bonds is 7. The zero-order valence-electron chi connectivity index (χ0n) is 21.0. The minimum Gasteiger partial charge on any atom is -0.741 e. The van der Waals surface area contributed by atoms with Crippen molar-refractivity contribution in [3.63, 3.8) is 0 Å². The second-order valence-corrected chi connectivity index (χ2v) is 9.63. The molecule has 0 N–H and O–H groups in total. The van der Waals surface area contributed by atoms with E-state index in [1.165, 1.54) is 5.56 Å². The van der Waals surface area contributed by atoms with Crippen molar-refractivity contribution in [2.45, 2.75) is 25.4 Å². The first-order chi connectivity index (χ1) is 18.5. The molecule has 0 aliphatic heterocycles. The van der Waals surface area contributed by atoms with Gasteiger partial charge in [-0.2, -0.15) is 17.7 Å². The summed E-state index contributed by atoms with van der Waals surface area (Å²) in [6.45, 7) is 2.86. The SMILES string of the molecule is CCOC(=O)c1cc(-c2ccccc2)cc(-c2ccccc2)[n+]1CCc1ccccc1.O=S(=O)([O-])C(F)(F)F. The summed E-state index contributed by atoms with van der Waals surface area (Å²) in [5.74, 6) is -0.300. The molecule has 0 amide bonds. The molecule has 0 radical (unpaired) electrons. The molecule has 0 spiro atoms. The number of alkyl halides is 3. The van der Waals surface area contributed by atoms with Crippen LogP contribution in [0.1, 0.15) is 23.0 Å². The average molecular weight is 558 g/mol. The number of benzene rings is 3. The predicted molar refractivity (Wildman–Crippen MR) is 139 cm³/mol. The van der Waals surface area contributed by atoms with Crippen LogP contribution in [0.4, 0.5) is 13.2 Å². The van der Waals surface area contributed by atoms with Gasteiger partial charge in [-0.25, -0.2) is 13.2 Å². The van der Waals surface area contributed by atoms with Gasteiger partial charge in [-0.15, -0.1) is 0 Å². The number of nitrogens with zero attached hydrogens (tertiary/aromatic N) is 1. The van der Waals surface area contributed by atoms with E-state index in [4.69, 9.17) is 17.7 Å². The van der Waals surface area contributed by atoms with E-state index in [2.05, 4.69) is 47.0 Å². The van der Waals surface area contributed by atoms with Crippen molar-refractivity contribution >= 4 is 16.1 Å². The van der Waals surface area contributed by atoms with Gasteiger partial charge in [0.2, 0.25) is 5.69 Å². The zero-order chi connectivity index (χ0) is 28.5. The van der Waals surface area contributed by atoms with E-state index < -0.39 is 15.6 Å². The molecule has 0 saturated carbocycles. The Morgan fingerprint density at radius 2 is 1.31 bits per heavy atom. The summed E-state index contributed by atoms with van der Waals surface area (Å²) in [4.78, 5) is 13.0. The van der Waals surface area contributed by atoms with Crippen molar-refractivity contribution in [2.24, 2.45) is 0 Å². The van der Waals surface area contributed by atoms with E-state index in [1.807, 2.05) is 67.6 Å². The van der Waals surface area contributed by atoms with Gasteiger partial charge in [-0.1, -0.05) is 78.9 Å². The van der Waals surface area contributed by atoms with Crippen LogP contribution in [0.25, 0.3) is 22.4 Å². The van der Waals surface area contributed by atoms with E-state index in [1.54, 1.807) is 0 Å². The molecule has 6 nitrogen and oxygen atoms in total. The van der Waals surface area contributed by atoms with E-state index in [9.17, 15) is 18.0 Å². The number of aromatic nitrogens is 1. The van der Waals surface area contributed by atoms with Crippen LogP contribution in [0.15, 0.2) is 103 Å². The molecule has 0 unspecified atom stereocenters. The molecule has 3 aromatic carbocycles. The standard InChI is InChI=1S/C28H26NO2.CHF3O3S/c1-2-31-28(30)27-21-25(23-14-8-4-9-15-23)20-26(24-16-10-5-11-17-24)29(27)19-18-22-12-6-3-7-13-22;2-1(3,4)8(5,6)7/h3-17,20-21H,2,18-19H2,1H3;(H,5,6,7)/q+1;/p-1. The maximum atomic E-state index is 13.0. The number of carbonyl (C=O) groups excluding carboxylic acids is 1. The monoisotopic (exact) mass is 557 g/mol. The second kappa shape index (κ2) is 13.2. The topological polar surface area (TPSA) is 87.4 Å². The van der Waals surface area contributed by atoms with Crippen molar-refractivity contribution in [1.29, 1.82) is 0 Å². The van der Waals surface area contributed by atoms with Gasteiger partial charge < -0.3 is 9.29 Å². The summed E-state index contributed by atoms with van der Waals surface area (Å²) in [6.07, 6.45) is 0.822. The molecule has 39 heavy (non-hydrogen) atoms. The minimum atomic E-state index is -6.09. The Morgan fingerprint density at radius 3 is 1.79 bits per heavy atom. The third-order valence-corrected chi connectivity index (χ3v) is 6.14. The van der Waals surface area contributed by atoms with Gasteiger partial charge in [-0.05, 0) is 35.7 Å². The highest BCUT2D eigenvalue weighted by Gasteiger charge is 2.37. The fourth-order valence-electron chi connectivity index (χ4n) is 3.77. The van der Waals surface area contributed by atoms with Gasteiger partial charge in [0, 0.05) is 24.1 Å². The number of aryl methyl sites for hydroxylation is 1. The Bertz CT molecular complexity index is 1480. The van der Waals surface area contributed by atoms with Gasteiger partial charge in [0.1, 0.15) is 0 Å². The lowest BCUT2D eigenvalue weighted by Gasteiger charge is -2.12. The molecule has 204 valence electrons. The van der Waals surface area contributed by atoms with Gasteiger partial charge >= 0.3 is 11.5 Å². The fourth-order valence-corrected chi connectivity index (χ4v) is 3.77. The summed E-state index contributed by atoms with van der Waals surface area (Å²) in [5, 5.41) is 0. The van der Waals surface area contributed by atoms with Crippen LogP contribution in [0, 0.1) is 0 Å². The summed E-state index contributed by atoms with van der Waals surface area (Å²) in [7, 11) is -6.09. The number of halogens is 3. The van der Waals surface area contributed by atoms with Crippen LogP contribution in [-0.2, 0) is 27.8 Å². The van der Waals surface area contributed by atoms with Crippen LogP contribution in [0.3, 0.4) is 0 Å². The molecule has 0 atom stereocenters. The van der Waals surface area contributed by atoms with Crippen molar-refractivity contribution in [2.75, 3.05) is 6.61 Å². The molecule has 0 saturated heterocycles. The Hall–Kier alpha value is -4.02. The van der Waals surface area contributed by atoms with Crippen LogP contribution in [-0.4, -0.2) is 31.1 Å². The van der Waals surface area contributed by atoms with Crippen molar-refractivity contribution in [3.05, 3.63) is 114 Å². The number of ether oxygens (including phenoxy) is 1. The highest BCUT2D eigenvalue weighted by Crippen LogP contribution is 2.26. The minimum absolute atomic E-state index is 0.300. The Morgan fingerprint density at radius 1 is 0.821 bits per heavy atom. The lowest BCUT2D eigenvalue weighted by Crippen LogP contribution is -2.44. The number of hydrogen-bond acceptors (Lipinski definition) is 5. The molecule has 0 fully saturated rings. The van der Waals surface area contributed by atoms with Crippen LogP contribution in [0.2, 0.25) is 0 Å². The first kappa shape index (κ1) is 29.5. The smallest absolute Gasteiger partial charge is 0.485 e. The zero-order valence-corrected chi connectivity index (χ0v) is 21.8. The van der Waals surface area contributed by atoms with Crippen LogP contribution >= 0.6 is 0 Å². The summed E-state index contributed by atoms with van der Waals surface area (Å²) in [6, 6.07) is 34.8. The van der Waals surface area contributed by atoms with E-state index in [0.717, 1.165) is 28.8 Å². The first-order valence-corrected chi connectivity index (χ1v) is 13.3. The highest BCUT2D eigenvalue weighted by molar-refractivity contribution is 7.86. The predicted octanol–water partition coefficient (Wildman–Crippen LogP) is 5.78. The van der Waals surface area contributed by atoms with Crippen LogP contribution in [0.5, 0.6) is 0 Å². The van der Waals surface area contributed by atoms with E-state index in [0.29, 0.717) is 18.8 Å². The highest BCUT2D eigenvalue weighted by atomic mass is 32.2. The molecular formula is C29H26F3NO5S. The molecule has 10 heteroatoms. The maximum absolute atomic E-state index is 13.0. The van der Waals surface area contributed by atoms with E-state index in [-0.39, 0.29) is 5.97 Å². The lowest BCUT2D eigenvalue weighted by molar-refractivity contribution is -0.688. The van der Waals surface area contributed by atoms with Gasteiger partial charge in [0.25, 0.3) is 5.69 Å². The Balaban J connectivity index is 0.000000459. The molecule has 4 rings (SSSR count). The first-order valence-electron chi connectivity index (χ1n) is 11.9. The second-order valence-electron chi connectivity index (χ2n) is 8.25. The third kappa shape index (κ3) is 8.23. The molecular weight excluding hydrogens is 531 g/mol. The molecule has 4 aromatic rings.